The van der Waals surface area contributed by atoms with Crippen LogP contribution < -0.4 is 9.46 Å². The van der Waals surface area contributed by atoms with Crippen LogP contribution in [0, 0.1) is 6.92 Å². The van der Waals surface area contributed by atoms with Crippen molar-refractivity contribution >= 4 is 21.7 Å². The van der Waals surface area contributed by atoms with Crippen LogP contribution in [0.2, 0.25) is 0 Å². The minimum absolute atomic E-state index is 0.0891. The number of nitrogens with one attached hydrogen (secondary N) is 1. The maximum atomic E-state index is 12.3. The molecule has 0 heterocycles. The van der Waals surface area contributed by atoms with E-state index in [-0.39, 0.29) is 10.5 Å². The first-order valence-corrected chi connectivity index (χ1v) is 7.82. The molecule has 0 aliphatic rings. The topological polar surface area (TPSA) is 92.7 Å². The van der Waals surface area contributed by atoms with E-state index in [0.29, 0.717) is 11.4 Å². The molecule has 0 radical (unpaired) electrons. The molecule has 116 valence electrons. The number of anilines is 1. The first kappa shape index (κ1) is 15.8. The molecule has 0 saturated carbocycles. The molecule has 0 atom stereocenters. The first-order chi connectivity index (χ1) is 10.3. The van der Waals surface area contributed by atoms with Gasteiger partial charge in [0.1, 0.15) is 5.75 Å². The minimum Gasteiger partial charge on any atom is -0.496 e. The smallest absolute Gasteiger partial charge is 0.335 e. The predicted octanol–water partition coefficient (Wildman–Crippen LogP) is 2.50. The van der Waals surface area contributed by atoms with Crippen LogP contribution in [0.5, 0.6) is 5.75 Å². The van der Waals surface area contributed by atoms with Gasteiger partial charge >= 0.3 is 5.97 Å². The molecule has 2 N–H and O–H groups in total. The SMILES string of the molecule is COc1ccc(NS(=O)(=O)c2cccc(C(=O)O)c2)cc1C. The molecule has 2 aromatic rings. The summed E-state index contributed by atoms with van der Waals surface area (Å²) in [6.07, 6.45) is 0. The number of aromatic carboxylic acids is 1. The Hall–Kier alpha value is -2.54. The van der Waals surface area contributed by atoms with Crippen molar-refractivity contribution in [3.8, 4) is 5.75 Å². The highest BCUT2D eigenvalue weighted by Crippen LogP contribution is 2.23. The first-order valence-electron chi connectivity index (χ1n) is 6.34. The zero-order valence-corrected chi connectivity index (χ0v) is 12.8. The summed E-state index contributed by atoms with van der Waals surface area (Å²) < 4.78 is 32.1. The van der Waals surface area contributed by atoms with Crippen molar-refractivity contribution in [1.29, 1.82) is 0 Å². The van der Waals surface area contributed by atoms with Gasteiger partial charge in [-0.15, -0.1) is 0 Å². The second kappa shape index (κ2) is 6.07. The van der Waals surface area contributed by atoms with Crippen LogP contribution >= 0.6 is 0 Å². The lowest BCUT2D eigenvalue weighted by molar-refractivity contribution is 0.0696. The van der Waals surface area contributed by atoms with E-state index in [4.69, 9.17) is 9.84 Å². The number of ether oxygens (including phenoxy) is 1. The fourth-order valence-corrected chi connectivity index (χ4v) is 3.05. The van der Waals surface area contributed by atoms with Crippen LogP contribution in [0.3, 0.4) is 0 Å². The lowest BCUT2D eigenvalue weighted by Crippen LogP contribution is -2.13. The molecule has 0 aromatic heterocycles. The maximum absolute atomic E-state index is 12.3. The lowest BCUT2D eigenvalue weighted by atomic mass is 10.2. The average molecular weight is 321 g/mol. The second-order valence-corrected chi connectivity index (χ2v) is 6.31. The van der Waals surface area contributed by atoms with Crippen molar-refractivity contribution in [2.75, 3.05) is 11.8 Å². The van der Waals surface area contributed by atoms with Crippen LogP contribution in [0.15, 0.2) is 47.4 Å². The highest BCUT2D eigenvalue weighted by Gasteiger charge is 2.16. The van der Waals surface area contributed by atoms with Crippen LogP contribution in [0.25, 0.3) is 0 Å². The molecule has 2 aromatic carbocycles. The van der Waals surface area contributed by atoms with E-state index >= 15 is 0 Å². The summed E-state index contributed by atoms with van der Waals surface area (Å²) in [4.78, 5) is 10.8. The van der Waals surface area contributed by atoms with Gasteiger partial charge in [-0.2, -0.15) is 0 Å². The van der Waals surface area contributed by atoms with E-state index in [1.807, 2.05) is 0 Å². The third-order valence-electron chi connectivity index (χ3n) is 3.04. The van der Waals surface area contributed by atoms with Crippen molar-refractivity contribution in [2.45, 2.75) is 11.8 Å². The van der Waals surface area contributed by atoms with Gasteiger partial charge in [-0.25, -0.2) is 13.2 Å². The molecule has 0 unspecified atom stereocenters. The molecule has 2 rings (SSSR count). The Labute approximate surface area is 128 Å². The van der Waals surface area contributed by atoms with E-state index in [2.05, 4.69) is 4.72 Å². The van der Waals surface area contributed by atoms with Gasteiger partial charge in [0, 0.05) is 5.69 Å². The summed E-state index contributed by atoms with van der Waals surface area (Å²) in [5.41, 5.74) is 1.06. The Kier molecular flexibility index (Phi) is 4.37. The molecular weight excluding hydrogens is 306 g/mol. The van der Waals surface area contributed by atoms with Gasteiger partial charge in [-0.3, -0.25) is 4.72 Å². The fraction of sp³-hybridized carbons (Fsp3) is 0.133. The number of methoxy groups -OCH3 is 1. The van der Waals surface area contributed by atoms with Gasteiger partial charge in [-0.05, 0) is 48.9 Å². The molecule has 7 heteroatoms. The third-order valence-corrected chi connectivity index (χ3v) is 4.42. The van der Waals surface area contributed by atoms with Crippen LogP contribution in [0.1, 0.15) is 15.9 Å². The Balaban J connectivity index is 2.33. The highest BCUT2D eigenvalue weighted by molar-refractivity contribution is 7.92. The Morgan fingerprint density at radius 3 is 2.50 bits per heavy atom. The Bertz CT molecular complexity index is 814. The molecule has 0 aliphatic carbocycles. The standard InChI is InChI=1S/C15H15NO5S/c1-10-8-12(6-7-14(10)21-2)16-22(19,20)13-5-3-4-11(9-13)15(17)18/h3-9,16H,1-2H3,(H,17,18). The number of carboxylic acid groups (broad SMARTS) is 1. The minimum atomic E-state index is -3.86. The van der Waals surface area contributed by atoms with Crippen molar-refractivity contribution in [1.82, 2.24) is 0 Å². The van der Waals surface area contributed by atoms with Gasteiger partial charge in [-0.1, -0.05) is 6.07 Å². The van der Waals surface area contributed by atoms with Crippen LogP contribution in [-0.2, 0) is 10.0 Å². The largest absolute Gasteiger partial charge is 0.496 e. The highest BCUT2D eigenvalue weighted by atomic mass is 32.2. The summed E-state index contributed by atoms with van der Waals surface area (Å²) >= 11 is 0. The number of rotatable bonds is 5. The normalized spacial score (nSPS) is 11.0. The molecule has 0 aliphatic heterocycles. The van der Waals surface area contributed by atoms with E-state index < -0.39 is 16.0 Å². The van der Waals surface area contributed by atoms with Gasteiger partial charge in [0.2, 0.25) is 0 Å². The summed E-state index contributed by atoms with van der Waals surface area (Å²) in [5.74, 6) is -0.534. The fourth-order valence-electron chi connectivity index (χ4n) is 1.95. The zero-order chi connectivity index (χ0) is 16.3. The third kappa shape index (κ3) is 3.37. The quantitative estimate of drug-likeness (QED) is 0.882. The van der Waals surface area contributed by atoms with Crippen molar-refractivity contribution in [3.05, 3.63) is 53.6 Å². The molecule has 0 amide bonds. The average Bonchev–Trinajstić information content (AvgIpc) is 2.47. The van der Waals surface area contributed by atoms with Crippen LogP contribution in [-0.4, -0.2) is 26.6 Å². The number of hydrogen-bond donors (Lipinski definition) is 2. The summed E-state index contributed by atoms with van der Waals surface area (Å²) in [6.45, 7) is 1.79. The number of carbonyl (C=O) groups is 1. The number of sulfonamides is 1. The maximum Gasteiger partial charge on any atom is 0.335 e. The molecule has 22 heavy (non-hydrogen) atoms. The summed E-state index contributed by atoms with van der Waals surface area (Å²) in [5, 5.41) is 8.93. The number of carboxylic acids is 1. The Morgan fingerprint density at radius 1 is 1.18 bits per heavy atom. The van der Waals surface area contributed by atoms with E-state index in [1.54, 1.807) is 25.1 Å². The Morgan fingerprint density at radius 2 is 1.91 bits per heavy atom. The molecule has 0 saturated heterocycles. The molecule has 0 bridgehead atoms. The predicted molar refractivity (Wildman–Crippen MR) is 81.9 cm³/mol. The lowest BCUT2D eigenvalue weighted by Gasteiger charge is -2.11. The molecule has 6 nitrogen and oxygen atoms in total. The summed E-state index contributed by atoms with van der Waals surface area (Å²) in [7, 11) is -2.33. The van der Waals surface area contributed by atoms with Crippen molar-refractivity contribution in [3.63, 3.8) is 0 Å². The molecular formula is C15H15NO5S. The van der Waals surface area contributed by atoms with Crippen molar-refractivity contribution < 1.29 is 23.1 Å². The molecule has 0 spiro atoms. The van der Waals surface area contributed by atoms with Crippen molar-refractivity contribution in [2.24, 2.45) is 0 Å². The molecule has 0 fully saturated rings. The van der Waals surface area contributed by atoms with E-state index in [0.717, 1.165) is 11.6 Å². The summed E-state index contributed by atoms with van der Waals surface area (Å²) in [6, 6.07) is 10.0. The number of aryl methyl sites for hydroxylation is 1. The van der Waals surface area contributed by atoms with E-state index in [9.17, 15) is 13.2 Å². The van der Waals surface area contributed by atoms with Crippen LogP contribution in [0.4, 0.5) is 5.69 Å². The van der Waals surface area contributed by atoms with Gasteiger partial charge < -0.3 is 9.84 Å². The van der Waals surface area contributed by atoms with Gasteiger partial charge in [0.05, 0.1) is 17.6 Å². The zero-order valence-electron chi connectivity index (χ0n) is 12.0. The number of hydrogen-bond acceptors (Lipinski definition) is 4. The number of benzene rings is 2. The monoisotopic (exact) mass is 321 g/mol. The van der Waals surface area contributed by atoms with Gasteiger partial charge in [0.15, 0.2) is 0 Å². The van der Waals surface area contributed by atoms with Gasteiger partial charge in [0.25, 0.3) is 10.0 Å². The van der Waals surface area contributed by atoms with E-state index in [1.165, 1.54) is 25.3 Å². The second-order valence-electron chi connectivity index (χ2n) is 4.62.